The Morgan fingerprint density at radius 1 is 1.10 bits per heavy atom. The van der Waals surface area contributed by atoms with E-state index in [-0.39, 0.29) is 5.91 Å². The molecule has 3 N–H and O–H groups in total. The summed E-state index contributed by atoms with van der Waals surface area (Å²) in [5, 5.41) is 16.5. The van der Waals surface area contributed by atoms with Crippen LogP contribution in [0.1, 0.15) is 73.4 Å². The second-order valence-electron chi connectivity index (χ2n) is 11.4. The fourth-order valence-corrected chi connectivity index (χ4v) is 7.00. The van der Waals surface area contributed by atoms with Crippen LogP contribution in [0.25, 0.3) is 11.1 Å². The third-order valence-electron chi connectivity index (χ3n) is 8.04. The van der Waals surface area contributed by atoms with Gasteiger partial charge < -0.3 is 20.6 Å². The topological polar surface area (TPSA) is 81.7 Å². The fraction of sp³-hybridized carbons (Fsp3) is 0.576. The number of benzene rings is 2. The van der Waals surface area contributed by atoms with E-state index in [0.29, 0.717) is 30.3 Å². The molecule has 0 heterocycles. The predicted molar refractivity (Wildman–Crippen MR) is 178 cm³/mol. The van der Waals surface area contributed by atoms with Gasteiger partial charge in [0.15, 0.2) is 0 Å². The molecule has 0 radical (unpaired) electrons. The lowest BCUT2D eigenvalue weighted by Crippen LogP contribution is -2.41. The first-order valence-corrected chi connectivity index (χ1v) is 17.5. The van der Waals surface area contributed by atoms with Gasteiger partial charge in [-0.15, -0.1) is 0 Å². The molecule has 0 aliphatic heterocycles. The zero-order chi connectivity index (χ0) is 29.8. The lowest BCUT2D eigenvalue weighted by molar-refractivity contribution is -0.139. The quantitative estimate of drug-likeness (QED) is 0.195. The highest BCUT2D eigenvalue weighted by Crippen LogP contribution is 2.34. The van der Waals surface area contributed by atoms with Crippen LogP contribution in [0.15, 0.2) is 36.4 Å². The van der Waals surface area contributed by atoms with Crippen LogP contribution in [0.4, 0.5) is 5.69 Å². The lowest BCUT2D eigenvalue weighted by Gasteiger charge is -2.28. The maximum absolute atomic E-state index is 13.7. The third-order valence-corrected chi connectivity index (χ3v) is 9.73. The number of nitrogens with one attached hydrogen (secondary N) is 2. The lowest BCUT2D eigenvalue weighted by atomic mass is 9.85. The van der Waals surface area contributed by atoms with E-state index >= 15 is 0 Å². The first kappa shape index (κ1) is 33.3. The maximum Gasteiger partial charge on any atom is 0.326 e. The van der Waals surface area contributed by atoms with Gasteiger partial charge in [-0.2, -0.15) is 23.5 Å². The summed E-state index contributed by atoms with van der Waals surface area (Å²) < 4.78 is 0. The highest BCUT2D eigenvalue weighted by molar-refractivity contribution is 7.99. The molecule has 0 saturated heterocycles. The molecular weight excluding hydrogens is 551 g/mol. The van der Waals surface area contributed by atoms with E-state index in [9.17, 15) is 14.7 Å². The second-order valence-corrected chi connectivity index (χ2v) is 13.7. The number of rotatable bonds is 16. The van der Waals surface area contributed by atoms with Crippen LogP contribution in [0.3, 0.4) is 0 Å². The van der Waals surface area contributed by atoms with Crippen molar-refractivity contribution in [1.82, 2.24) is 10.6 Å². The Bertz CT molecular complexity index is 1130. The standard InChI is InChI=1S/C33H49N3O3S2/c1-6-41-22-26(18-24-13-8-7-9-14-24)34-21-25-19-28(27-15-11-10-12-23(27)2)29(20-31(25)36(3)4)32(37)35-30(33(38)39)16-17-40-5/h10-12,15,19-20,24,26,30,34H,6-9,13-14,16-18,21-22H2,1-5H3,(H,35,37)(H,38,39)/t26-,30-/m0/s1. The molecule has 0 spiro atoms. The van der Waals surface area contributed by atoms with Gasteiger partial charge in [-0.3, -0.25) is 4.79 Å². The number of hydrogen-bond acceptors (Lipinski definition) is 6. The van der Waals surface area contributed by atoms with Crippen molar-refractivity contribution in [3.63, 3.8) is 0 Å². The normalized spacial score (nSPS) is 15.3. The zero-order valence-corrected chi connectivity index (χ0v) is 27.1. The van der Waals surface area contributed by atoms with Crippen molar-refractivity contribution >= 4 is 41.1 Å². The Balaban J connectivity index is 1.97. The van der Waals surface area contributed by atoms with Crippen LogP contribution in [-0.2, 0) is 11.3 Å². The summed E-state index contributed by atoms with van der Waals surface area (Å²) in [4.78, 5) is 27.7. The molecule has 2 aromatic carbocycles. The molecular formula is C33H49N3O3S2. The van der Waals surface area contributed by atoms with Gasteiger partial charge in [-0.1, -0.05) is 63.3 Å². The number of hydrogen-bond donors (Lipinski definition) is 3. The number of thioether (sulfide) groups is 2. The van der Waals surface area contributed by atoms with E-state index in [4.69, 9.17) is 0 Å². The number of carbonyl (C=O) groups excluding carboxylic acids is 1. The average Bonchev–Trinajstić information content (AvgIpc) is 2.96. The molecule has 1 aliphatic rings. The second kappa shape index (κ2) is 17.1. The fourth-order valence-electron chi connectivity index (χ4n) is 5.76. The summed E-state index contributed by atoms with van der Waals surface area (Å²) in [6.07, 6.45) is 10.3. The molecule has 3 rings (SSSR count). The van der Waals surface area contributed by atoms with Crippen molar-refractivity contribution < 1.29 is 14.7 Å². The molecule has 2 aromatic rings. The molecule has 2 atom stereocenters. The summed E-state index contributed by atoms with van der Waals surface area (Å²) >= 11 is 3.57. The minimum Gasteiger partial charge on any atom is -0.480 e. The van der Waals surface area contributed by atoms with Gasteiger partial charge in [0.1, 0.15) is 6.04 Å². The SMILES string of the molecule is CCSC[C@H](CC1CCCCC1)NCc1cc(-c2ccccc2C)c(C(=O)N[C@@H](CCSC)C(=O)O)cc1N(C)C. The number of nitrogens with zero attached hydrogens (tertiary/aromatic N) is 1. The van der Waals surface area contributed by atoms with E-state index in [1.54, 1.807) is 11.8 Å². The largest absolute Gasteiger partial charge is 0.480 e. The van der Waals surface area contributed by atoms with Crippen LogP contribution >= 0.6 is 23.5 Å². The van der Waals surface area contributed by atoms with Gasteiger partial charge in [0.2, 0.25) is 0 Å². The summed E-state index contributed by atoms with van der Waals surface area (Å²) in [5.41, 5.74) is 5.50. The van der Waals surface area contributed by atoms with Gasteiger partial charge in [-0.05, 0) is 77.8 Å². The van der Waals surface area contributed by atoms with E-state index in [1.807, 2.05) is 56.4 Å². The number of anilines is 1. The Morgan fingerprint density at radius 3 is 2.46 bits per heavy atom. The summed E-state index contributed by atoms with van der Waals surface area (Å²) in [6, 6.07) is 11.7. The first-order chi connectivity index (χ1) is 19.7. The smallest absolute Gasteiger partial charge is 0.326 e. The molecule has 1 amide bonds. The Labute approximate surface area is 255 Å². The number of aryl methyl sites for hydroxylation is 1. The number of carboxylic acids is 1. The molecule has 0 unspecified atom stereocenters. The third kappa shape index (κ3) is 9.97. The van der Waals surface area contributed by atoms with E-state index < -0.39 is 12.0 Å². The van der Waals surface area contributed by atoms with Crippen molar-refractivity contribution in [1.29, 1.82) is 0 Å². The summed E-state index contributed by atoms with van der Waals surface area (Å²) in [6.45, 7) is 4.98. The highest BCUT2D eigenvalue weighted by atomic mass is 32.2. The van der Waals surface area contributed by atoms with Crippen molar-refractivity contribution in [3.05, 3.63) is 53.1 Å². The molecule has 8 heteroatoms. The van der Waals surface area contributed by atoms with Crippen molar-refractivity contribution in [2.45, 2.75) is 77.4 Å². The Morgan fingerprint density at radius 2 is 1.83 bits per heavy atom. The molecule has 0 bridgehead atoms. The van der Waals surface area contributed by atoms with E-state index in [2.05, 4.69) is 41.5 Å². The van der Waals surface area contributed by atoms with Crippen LogP contribution in [0.5, 0.6) is 0 Å². The highest BCUT2D eigenvalue weighted by Gasteiger charge is 2.25. The van der Waals surface area contributed by atoms with E-state index in [1.165, 1.54) is 38.5 Å². The predicted octanol–water partition coefficient (Wildman–Crippen LogP) is 6.85. The van der Waals surface area contributed by atoms with Crippen LogP contribution in [0.2, 0.25) is 0 Å². The van der Waals surface area contributed by atoms with Gasteiger partial charge in [0.25, 0.3) is 5.91 Å². The maximum atomic E-state index is 13.7. The first-order valence-electron chi connectivity index (χ1n) is 15.0. The van der Waals surface area contributed by atoms with Gasteiger partial charge in [-0.25, -0.2) is 4.79 Å². The van der Waals surface area contributed by atoms with Crippen molar-refractivity contribution in [3.8, 4) is 11.1 Å². The molecule has 0 aromatic heterocycles. The minimum atomic E-state index is -1.01. The molecule has 6 nitrogen and oxygen atoms in total. The van der Waals surface area contributed by atoms with Crippen LogP contribution < -0.4 is 15.5 Å². The van der Waals surface area contributed by atoms with Gasteiger partial charge in [0.05, 0.1) is 0 Å². The zero-order valence-electron chi connectivity index (χ0n) is 25.5. The Hall–Kier alpha value is -2.16. The molecule has 41 heavy (non-hydrogen) atoms. The minimum absolute atomic E-state index is 0.353. The molecule has 1 fully saturated rings. The van der Waals surface area contributed by atoms with Crippen molar-refractivity contribution in [2.75, 3.05) is 42.5 Å². The molecule has 1 aliphatic carbocycles. The van der Waals surface area contributed by atoms with E-state index in [0.717, 1.165) is 45.4 Å². The molecule has 226 valence electrons. The van der Waals surface area contributed by atoms with Gasteiger partial charge >= 0.3 is 5.97 Å². The summed E-state index contributed by atoms with van der Waals surface area (Å²) in [7, 11) is 4.00. The van der Waals surface area contributed by atoms with Crippen molar-refractivity contribution in [2.24, 2.45) is 5.92 Å². The number of carboxylic acid groups (broad SMARTS) is 1. The molecule has 1 saturated carbocycles. The van der Waals surface area contributed by atoms with Crippen LogP contribution in [-0.4, -0.2) is 66.7 Å². The van der Waals surface area contributed by atoms with Gasteiger partial charge in [0, 0.05) is 43.7 Å². The monoisotopic (exact) mass is 599 g/mol. The average molecular weight is 600 g/mol. The number of carbonyl (C=O) groups is 2. The Kier molecular flexibility index (Phi) is 13.9. The number of amides is 1. The van der Waals surface area contributed by atoms with Crippen LogP contribution in [0, 0.1) is 12.8 Å². The summed E-state index contributed by atoms with van der Waals surface area (Å²) in [5.74, 6) is 2.31. The number of aliphatic carboxylic acids is 1.